The third-order valence-corrected chi connectivity index (χ3v) is 1.92. The molecule has 0 atom stereocenters. The molecule has 0 fully saturated rings. The van der Waals surface area contributed by atoms with Crippen LogP contribution < -0.4 is 16.8 Å². The van der Waals surface area contributed by atoms with Crippen molar-refractivity contribution in [3.63, 3.8) is 0 Å². The number of thiocarbonyl (C=S) groups is 1. The van der Waals surface area contributed by atoms with E-state index in [0.29, 0.717) is 12.2 Å². The predicted octanol–water partition coefficient (Wildman–Crippen LogP) is 0.00310. The van der Waals surface area contributed by atoms with Gasteiger partial charge < -0.3 is 16.8 Å². The van der Waals surface area contributed by atoms with E-state index in [2.05, 4.69) is 10.3 Å². The van der Waals surface area contributed by atoms with E-state index in [1.807, 2.05) is 0 Å². The molecular weight excluding hydrogens is 212 g/mol. The summed E-state index contributed by atoms with van der Waals surface area (Å²) >= 11 is 4.79. The third kappa shape index (κ3) is 3.90. The van der Waals surface area contributed by atoms with E-state index in [-0.39, 0.29) is 17.3 Å². The normalized spacial score (nSPS) is 9.60. The second-order valence-corrected chi connectivity index (χ2v) is 3.38. The second kappa shape index (κ2) is 5.26. The van der Waals surface area contributed by atoms with Gasteiger partial charge in [0.1, 0.15) is 4.99 Å². The predicted molar refractivity (Wildman–Crippen MR) is 62.4 cm³/mol. The molecule has 0 bridgehead atoms. The highest BCUT2D eigenvalue weighted by Gasteiger charge is 2.00. The fourth-order valence-corrected chi connectivity index (χ4v) is 1.12. The maximum atomic E-state index is 10.5. The molecule has 0 saturated carbocycles. The Bertz CT molecular complexity index is 380. The lowest BCUT2D eigenvalue weighted by Gasteiger charge is -2.05. The Balaban J connectivity index is 2.58. The van der Waals surface area contributed by atoms with Gasteiger partial charge >= 0.3 is 0 Å². The summed E-state index contributed by atoms with van der Waals surface area (Å²) in [6.45, 7) is 0.482. The molecule has 0 aliphatic carbocycles. The van der Waals surface area contributed by atoms with E-state index in [1.165, 1.54) is 0 Å². The summed E-state index contributed by atoms with van der Waals surface area (Å²) in [5, 5.41) is 3.02. The smallest absolute Gasteiger partial charge is 0.219 e. The summed E-state index contributed by atoms with van der Waals surface area (Å²) < 4.78 is 0. The van der Waals surface area contributed by atoms with Crippen molar-refractivity contribution in [2.24, 2.45) is 11.5 Å². The minimum atomic E-state index is -0.342. The minimum Gasteiger partial charge on any atom is -0.388 e. The Hall–Kier alpha value is -1.69. The van der Waals surface area contributed by atoms with E-state index in [0.717, 1.165) is 5.69 Å². The molecule has 80 valence electrons. The molecule has 0 radical (unpaired) electrons. The largest absolute Gasteiger partial charge is 0.388 e. The van der Waals surface area contributed by atoms with E-state index in [4.69, 9.17) is 23.7 Å². The highest BCUT2D eigenvalue weighted by molar-refractivity contribution is 7.80. The molecule has 15 heavy (non-hydrogen) atoms. The second-order valence-electron chi connectivity index (χ2n) is 2.94. The molecule has 0 spiro atoms. The van der Waals surface area contributed by atoms with Gasteiger partial charge in [0.15, 0.2) is 0 Å². The Morgan fingerprint density at radius 2 is 2.27 bits per heavy atom. The quantitative estimate of drug-likeness (QED) is 0.612. The van der Waals surface area contributed by atoms with Crippen LogP contribution in [0.5, 0.6) is 0 Å². The van der Waals surface area contributed by atoms with Crippen LogP contribution in [0.4, 0.5) is 5.69 Å². The summed E-state index contributed by atoms with van der Waals surface area (Å²) in [5.41, 5.74) is 11.8. The number of hydrogen-bond acceptors (Lipinski definition) is 4. The maximum Gasteiger partial charge on any atom is 0.219 e. The van der Waals surface area contributed by atoms with E-state index < -0.39 is 0 Å². The van der Waals surface area contributed by atoms with Gasteiger partial charge in [0, 0.05) is 24.8 Å². The molecule has 0 aliphatic rings. The monoisotopic (exact) mass is 224 g/mol. The standard InChI is InChI=1S/C9H12N4OS/c10-8(14)2-4-12-6-1-3-13-7(5-6)9(11)15/h1,3,5H,2,4H2,(H2,10,14)(H2,11,15)(H,12,13). The Morgan fingerprint density at radius 1 is 1.53 bits per heavy atom. The van der Waals surface area contributed by atoms with Crippen LogP contribution in [-0.4, -0.2) is 22.4 Å². The lowest BCUT2D eigenvalue weighted by Crippen LogP contribution is -2.16. The van der Waals surface area contributed by atoms with Gasteiger partial charge in [0.25, 0.3) is 0 Å². The molecule has 0 saturated heterocycles. The molecule has 1 aromatic rings. The summed E-state index contributed by atoms with van der Waals surface area (Å²) in [6.07, 6.45) is 1.88. The molecule has 0 aliphatic heterocycles. The SMILES string of the molecule is NC(=O)CCNc1ccnc(C(N)=S)c1. The molecular formula is C9H12N4OS. The number of primary amides is 1. The van der Waals surface area contributed by atoms with Crippen LogP contribution >= 0.6 is 12.2 Å². The number of carbonyl (C=O) groups is 1. The van der Waals surface area contributed by atoms with Gasteiger partial charge in [-0.25, -0.2) is 0 Å². The number of aromatic nitrogens is 1. The fraction of sp³-hybridized carbons (Fsp3) is 0.222. The molecule has 5 N–H and O–H groups in total. The van der Waals surface area contributed by atoms with E-state index in [9.17, 15) is 4.79 Å². The molecule has 1 heterocycles. The zero-order valence-corrected chi connectivity index (χ0v) is 8.88. The number of nitrogens with zero attached hydrogens (tertiary/aromatic N) is 1. The Labute approximate surface area is 92.9 Å². The van der Waals surface area contributed by atoms with Gasteiger partial charge in [-0.1, -0.05) is 12.2 Å². The van der Waals surface area contributed by atoms with Crippen molar-refractivity contribution in [3.05, 3.63) is 24.0 Å². The van der Waals surface area contributed by atoms with Gasteiger partial charge in [-0.3, -0.25) is 9.78 Å². The topological polar surface area (TPSA) is 94.0 Å². The number of nitrogens with one attached hydrogen (secondary N) is 1. The van der Waals surface area contributed by atoms with Gasteiger partial charge in [0.05, 0.1) is 5.69 Å². The first kappa shape index (κ1) is 11.4. The number of nitrogens with two attached hydrogens (primary N) is 2. The number of hydrogen-bond donors (Lipinski definition) is 3. The average Bonchev–Trinajstić information content (AvgIpc) is 2.17. The van der Waals surface area contributed by atoms with Gasteiger partial charge in [-0.15, -0.1) is 0 Å². The summed E-state index contributed by atoms with van der Waals surface area (Å²) in [4.78, 5) is 14.7. The first-order valence-electron chi connectivity index (χ1n) is 4.37. The zero-order chi connectivity index (χ0) is 11.3. The molecule has 1 rings (SSSR count). The van der Waals surface area contributed by atoms with Crippen molar-refractivity contribution < 1.29 is 4.79 Å². The van der Waals surface area contributed by atoms with Crippen LogP contribution in [0.1, 0.15) is 12.1 Å². The lowest BCUT2D eigenvalue weighted by atomic mass is 10.3. The highest BCUT2D eigenvalue weighted by Crippen LogP contribution is 2.07. The zero-order valence-electron chi connectivity index (χ0n) is 8.06. The molecule has 0 unspecified atom stereocenters. The first-order valence-corrected chi connectivity index (χ1v) is 4.78. The summed E-state index contributed by atoms with van der Waals surface area (Å²) in [5.74, 6) is -0.342. The minimum absolute atomic E-state index is 0.244. The third-order valence-electron chi connectivity index (χ3n) is 1.71. The summed E-state index contributed by atoms with van der Waals surface area (Å²) in [7, 11) is 0. The Kier molecular flexibility index (Phi) is 3.99. The van der Waals surface area contributed by atoms with Crippen molar-refractivity contribution in [1.29, 1.82) is 0 Å². The number of carbonyl (C=O) groups excluding carboxylic acids is 1. The van der Waals surface area contributed by atoms with Gasteiger partial charge in [0.2, 0.25) is 5.91 Å². The average molecular weight is 224 g/mol. The van der Waals surface area contributed by atoms with Crippen molar-refractivity contribution in [2.75, 3.05) is 11.9 Å². The van der Waals surface area contributed by atoms with Crippen LogP contribution in [-0.2, 0) is 4.79 Å². The number of amides is 1. The van der Waals surface area contributed by atoms with Gasteiger partial charge in [-0.05, 0) is 12.1 Å². The molecule has 5 nitrogen and oxygen atoms in total. The van der Waals surface area contributed by atoms with E-state index in [1.54, 1.807) is 18.3 Å². The van der Waals surface area contributed by atoms with Gasteiger partial charge in [-0.2, -0.15) is 0 Å². The molecule has 1 amide bonds. The molecule has 0 aromatic carbocycles. The van der Waals surface area contributed by atoms with Crippen molar-refractivity contribution >= 4 is 28.8 Å². The number of pyridine rings is 1. The lowest BCUT2D eigenvalue weighted by molar-refractivity contribution is -0.117. The van der Waals surface area contributed by atoms with Crippen LogP contribution in [0, 0.1) is 0 Å². The van der Waals surface area contributed by atoms with Crippen LogP contribution in [0.2, 0.25) is 0 Å². The summed E-state index contributed by atoms with van der Waals surface area (Å²) in [6, 6.07) is 3.49. The van der Waals surface area contributed by atoms with Crippen molar-refractivity contribution in [1.82, 2.24) is 4.98 Å². The molecule has 6 heteroatoms. The number of anilines is 1. The van der Waals surface area contributed by atoms with E-state index >= 15 is 0 Å². The highest BCUT2D eigenvalue weighted by atomic mass is 32.1. The first-order chi connectivity index (χ1) is 7.09. The van der Waals surface area contributed by atoms with Crippen LogP contribution in [0.3, 0.4) is 0 Å². The molecule has 1 aromatic heterocycles. The fourth-order valence-electron chi connectivity index (χ4n) is 1.01. The Morgan fingerprint density at radius 3 is 2.87 bits per heavy atom. The number of rotatable bonds is 5. The maximum absolute atomic E-state index is 10.5. The van der Waals surface area contributed by atoms with Crippen molar-refractivity contribution in [3.8, 4) is 0 Å². The van der Waals surface area contributed by atoms with Crippen molar-refractivity contribution in [2.45, 2.75) is 6.42 Å². The van der Waals surface area contributed by atoms with Crippen LogP contribution in [0.15, 0.2) is 18.3 Å². The van der Waals surface area contributed by atoms with Crippen LogP contribution in [0.25, 0.3) is 0 Å².